The molecule has 0 spiro atoms. The zero-order valence-corrected chi connectivity index (χ0v) is 12.1. The first-order valence-corrected chi connectivity index (χ1v) is 7.52. The molecule has 3 rings (SSSR count). The van der Waals surface area contributed by atoms with Gasteiger partial charge < -0.3 is 4.74 Å². The van der Waals surface area contributed by atoms with Crippen LogP contribution in [0.3, 0.4) is 0 Å². The molecule has 5 heteroatoms. The van der Waals surface area contributed by atoms with Gasteiger partial charge in [-0.25, -0.2) is 9.97 Å². The molecule has 2 fully saturated rings. The predicted molar refractivity (Wildman–Crippen MR) is 74.4 cm³/mol. The van der Waals surface area contributed by atoms with Crippen LogP contribution in [0.15, 0.2) is 6.07 Å². The van der Waals surface area contributed by atoms with Gasteiger partial charge >= 0.3 is 0 Å². The van der Waals surface area contributed by atoms with Crippen LogP contribution in [-0.4, -0.2) is 41.1 Å². The van der Waals surface area contributed by atoms with Crippen molar-refractivity contribution in [2.24, 2.45) is 0 Å². The fraction of sp³-hybridized carbons (Fsp3) is 0.714. The monoisotopic (exact) mass is 281 g/mol. The highest BCUT2D eigenvalue weighted by atomic mass is 35.5. The van der Waals surface area contributed by atoms with Gasteiger partial charge in [-0.15, -0.1) is 0 Å². The zero-order chi connectivity index (χ0) is 13.2. The number of hydrogen-bond donors (Lipinski definition) is 0. The van der Waals surface area contributed by atoms with Crippen molar-refractivity contribution in [3.63, 3.8) is 0 Å². The fourth-order valence-electron chi connectivity index (χ4n) is 2.56. The second-order valence-electron chi connectivity index (χ2n) is 5.41. The molecule has 0 radical (unpaired) electrons. The summed E-state index contributed by atoms with van der Waals surface area (Å²) in [7, 11) is 0. The number of morpholine rings is 1. The van der Waals surface area contributed by atoms with E-state index in [1.165, 1.54) is 12.8 Å². The summed E-state index contributed by atoms with van der Waals surface area (Å²) in [5, 5.41) is 0.545. The lowest BCUT2D eigenvalue weighted by Gasteiger charge is -2.31. The van der Waals surface area contributed by atoms with Crippen LogP contribution in [0.1, 0.15) is 49.7 Å². The topological polar surface area (TPSA) is 38.2 Å². The van der Waals surface area contributed by atoms with Gasteiger partial charge in [0, 0.05) is 24.7 Å². The number of aromatic nitrogens is 2. The summed E-state index contributed by atoms with van der Waals surface area (Å²) >= 11 is 6.12. The van der Waals surface area contributed by atoms with Crippen LogP contribution in [0, 0.1) is 0 Å². The SMILES string of the molecule is CCCN1CCOC(c2nc(Cl)cc(C3CC3)n2)C1. The standard InChI is InChI=1S/C14H20ClN3O/c1-2-5-18-6-7-19-12(9-18)14-16-11(10-3-4-10)8-13(15)17-14/h8,10,12H,2-7,9H2,1H3. The molecular weight excluding hydrogens is 262 g/mol. The highest BCUT2D eigenvalue weighted by Gasteiger charge is 2.29. The first-order valence-electron chi connectivity index (χ1n) is 7.14. The smallest absolute Gasteiger partial charge is 0.160 e. The van der Waals surface area contributed by atoms with E-state index < -0.39 is 0 Å². The van der Waals surface area contributed by atoms with Gasteiger partial charge in [0.2, 0.25) is 0 Å². The fourth-order valence-corrected chi connectivity index (χ4v) is 2.76. The Bertz CT molecular complexity index is 448. The van der Waals surface area contributed by atoms with E-state index in [1.807, 2.05) is 6.07 Å². The highest BCUT2D eigenvalue weighted by molar-refractivity contribution is 6.29. The Morgan fingerprint density at radius 1 is 1.42 bits per heavy atom. The molecule has 0 bridgehead atoms. The Hall–Kier alpha value is -0.710. The van der Waals surface area contributed by atoms with Crippen LogP contribution in [0.2, 0.25) is 5.15 Å². The third kappa shape index (κ3) is 3.25. The number of hydrogen-bond acceptors (Lipinski definition) is 4. The van der Waals surface area contributed by atoms with E-state index in [-0.39, 0.29) is 6.10 Å². The molecule has 1 aliphatic heterocycles. The summed E-state index contributed by atoms with van der Waals surface area (Å²) < 4.78 is 5.83. The summed E-state index contributed by atoms with van der Waals surface area (Å²) in [5.41, 5.74) is 1.09. The van der Waals surface area contributed by atoms with Crippen molar-refractivity contribution in [1.29, 1.82) is 0 Å². The van der Waals surface area contributed by atoms with Crippen LogP contribution in [0.25, 0.3) is 0 Å². The third-order valence-electron chi connectivity index (χ3n) is 3.71. The quantitative estimate of drug-likeness (QED) is 0.796. The van der Waals surface area contributed by atoms with Crippen molar-refractivity contribution in [3.05, 3.63) is 22.7 Å². The maximum atomic E-state index is 6.12. The number of nitrogens with zero attached hydrogens (tertiary/aromatic N) is 3. The van der Waals surface area contributed by atoms with Crippen molar-refractivity contribution >= 4 is 11.6 Å². The first kappa shape index (κ1) is 13.3. The number of halogens is 1. The van der Waals surface area contributed by atoms with E-state index in [0.717, 1.165) is 44.2 Å². The van der Waals surface area contributed by atoms with Gasteiger partial charge in [-0.05, 0) is 31.9 Å². The molecule has 1 aromatic rings. The molecule has 0 N–H and O–H groups in total. The van der Waals surface area contributed by atoms with E-state index in [4.69, 9.17) is 16.3 Å². The minimum Gasteiger partial charge on any atom is -0.368 e. The molecule has 1 aromatic heterocycles. The second-order valence-corrected chi connectivity index (χ2v) is 5.80. The van der Waals surface area contributed by atoms with Crippen molar-refractivity contribution in [3.8, 4) is 0 Å². The zero-order valence-electron chi connectivity index (χ0n) is 11.3. The minimum atomic E-state index is -0.0310. The van der Waals surface area contributed by atoms with Crippen molar-refractivity contribution in [2.75, 3.05) is 26.2 Å². The van der Waals surface area contributed by atoms with Gasteiger partial charge in [0.05, 0.1) is 6.61 Å². The van der Waals surface area contributed by atoms with Gasteiger partial charge in [0.25, 0.3) is 0 Å². The normalized spacial score (nSPS) is 24.6. The molecule has 2 heterocycles. The largest absolute Gasteiger partial charge is 0.368 e. The van der Waals surface area contributed by atoms with E-state index in [1.54, 1.807) is 0 Å². The maximum absolute atomic E-state index is 6.12. The van der Waals surface area contributed by atoms with Crippen LogP contribution in [-0.2, 0) is 4.74 Å². The average Bonchev–Trinajstić information content (AvgIpc) is 3.23. The van der Waals surface area contributed by atoms with Crippen molar-refractivity contribution in [2.45, 2.75) is 38.2 Å². The molecule has 1 aliphatic carbocycles. The van der Waals surface area contributed by atoms with Crippen molar-refractivity contribution in [1.82, 2.24) is 14.9 Å². The van der Waals surface area contributed by atoms with Crippen LogP contribution < -0.4 is 0 Å². The van der Waals surface area contributed by atoms with E-state index >= 15 is 0 Å². The van der Waals surface area contributed by atoms with E-state index in [0.29, 0.717) is 11.1 Å². The Kier molecular flexibility index (Phi) is 4.01. The summed E-state index contributed by atoms with van der Waals surface area (Å²) in [6, 6.07) is 1.90. The molecule has 1 unspecified atom stereocenters. The van der Waals surface area contributed by atoms with Gasteiger partial charge in [-0.2, -0.15) is 0 Å². The molecular formula is C14H20ClN3O. The van der Waals surface area contributed by atoms with E-state index in [9.17, 15) is 0 Å². The minimum absolute atomic E-state index is 0.0310. The summed E-state index contributed by atoms with van der Waals surface area (Å²) in [6.45, 7) is 5.93. The van der Waals surface area contributed by atoms with Crippen LogP contribution >= 0.6 is 11.6 Å². The van der Waals surface area contributed by atoms with Crippen LogP contribution in [0.5, 0.6) is 0 Å². The molecule has 1 saturated heterocycles. The number of rotatable bonds is 4. The lowest BCUT2D eigenvalue weighted by Crippen LogP contribution is -2.39. The highest BCUT2D eigenvalue weighted by Crippen LogP contribution is 2.40. The molecule has 104 valence electrons. The van der Waals surface area contributed by atoms with E-state index in [2.05, 4.69) is 21.8 Å². The van der Waals surface area contributed by atoms with Gasteiger partial charge in [-0.3, -0.25) is 4.90 Å². The lowest BCUT2D eigenvalue weighted by molar-refractivity contribution is -0.0343. The van der Waals surface area contributed by atoms with Crippen LogP contribution in [0.4, 0.5) is 0 Å². The second kappa shape index (κ2) is 5.73. The Balaban J connectivity index is 1.76. The molecule has 19 heavy (non-hydrogen) atoms. The van der Waals surface area contributed by atoms with Gasteiger partial charge in [0.15, 0.2) is 5.82 Å². The molecule has 2 aliphatic rings. The molecule has 0 aromatic carbocycles. The summed E-state index contributed by atoms with van der Waals surface area (Å²) in [5.74, 6) is 1.35. The Labute approximate surface area is 119 Å². The summed E-state index contributed by atoms with van der Waals surface area (Å²) in [4.78, 5) is 11.4. The average molecular weight is 282 g/mol. The molecule has 1 atom stereocenters. The first-order chi connectivity index (χ1) is 9.26. The molecule has 0 amide bonds. The summed E-state index contributed by atoms with van der Waals surface area (Å²) in [6.07, 6.45) is 3.58. The molecule has 1 saturated carbocycles. The maximum Gasteiger partial charge on any atom is 0.160 e. The van der Waals surface area contributed by atoms with Gasteiger partial charge in [-0.1, -0.05) is 18.5 Å². The predicted octanol–water partition coefficient (Wildman–Crippen LogP) is 2.79. The van der Waals surface area contributed by atoms with Gasteiger partial charge in [0.1, 0.15) is 11.3 Å². The molecule has 4 nitrogen and oxygen atoms in total. The Morgan fingerprint density at radius 3 is 3.00 bits per heavy atom. The van der Waals surface area contributed by atoms with Crippen molar-refractivity contribution < 1.29 is 4.74 Å². The number of ether oxygens (including phenoxy) is 1. The lowest BCUT2D eigenvalue weighted by atomic mass is 10.2. The third-order valence-corrected chi connectivity index (χ3v) is 3.90. The Morgan fingerprint density at radius 2 is 2.26 bits per heavy atom.